The lowest BCUT2D eigenvalue weighted by Crippen LogP contribution is -2.13. The molecule has 5 nitrogen and oxygen atoms in total. The molecule has 0 bridgehead atoms. The third kappa shape index (κ3) is 2.20. The smallest absolute Gasteiger partial charge is 0.230 e. The number of carbonyl (C=O) groups is 1. The van der Waals surface area contributed by atoms with Crippen LogP contribution in [0.3, 0.4) is 0 Å². The highest BCUT2D eigenvalue weighted by molar-refractivity contribution is 6.10. The summed E-state index contributed by atoms with van der Waals surface area (Å²) >= 11 is 0. The number of hydrogen-bond donors (Lipinski definition) is 2. The van der Waals surface area contributed by atoms with Gasteiger partial charge in [-0.3, -0.25) is 4.79 Å². The SMILES string of the molecule is CCCn1ccnc1C(=O)c1ccc(N)cc1N. The monoisotopic (exact) mass is 244 g/mol. The summed E-state index contributed by atoms with van der Waals surface area (Å²) in [7, 11) is 0. The van der Waals surface area contributed by atoms with E-state index >= 15 is 0 Å². The molecular weight excluding hydrogens is 228 g/mol. The molecule has 1 aromatic carbocycles. The summed E-state index contributed by atoms with van der Waals surface area (Å²) in [6.07, 6.45) is 4.36. The lowest BCUT2D eigenvalue weighted by Gasteiger charge is -2.07. The third-order valence-electron chi connectivity index (χ3n) is 2.70. The van der Waals surface area contributed by atoms with E-state index in [1.54, 1.807) is 30.6 Å². The third-order valence-corrected chi connectivity index (χ3v) is 2.70. The average molecular weight is 244 g/mol. The number of anilines is 2. The van der Waals surface area contributed by atoms with Crippen LogP contribution in [0.25, 0.3) is 0 Å². The number of hydrogen-bond acceptors (Lipinski definition) is 4. The first kappa shape index (κ1) is 12.2. The van der Waals surface area contributed by atoms with E-state index in [2.05, 4.69) is 4.98 Å². The van der Waals surface area contributed by atoms with Gasteiger partial charge in [0.25, 0.3) is 0 Å². The number of nitrogens with zero attached hydrogens (tertiary/aromatic N) is 2. The maximum atomic E-state index is 12.3. The molecular formula is C13H16N4O. The van der Waals surface area contributed by atoms with Crippen molar-refractivity contribution in [2.45, 2.75) is 19.9 Å². The Morgan fingerprint density at radius 2 is 2.17 bits per heavy atom. The number of aromatic nitrogens is 2. The average Bonchev–Trinajstić information content (AvgIpc) is 2.77. The lowest BCUT2D eigenvalue weighted by atomic mass is 10.1. The standard InChI is InChI=1S/C13H16N4O/c1-2-6-17-7-5-16-13(17)12(18)10-4-3-9(14)8-11(10)15/h3-5,7-8H,2,6,14-15H2,1H3. The molecule has 94 valence electrons. The van der Waals surface area contributed by atoms with Crippen molar-refractivity contribution >= 4 is 17.2 Å². The number of carbonyl (C=O) groups excluding carboxylic acids is 1. The molecule has 0 aliphatic carbocycles. The number of nitrogen functional groups attached to an aromatic ring is 2. The highest BCUT2D eigenvalue weighted by Gasteiger charge is 2.17. The second-order valence-electron chi connectivity index (χ2n) is 4.12. The molecule has 0 atom stereocenters. The van der Waals surface area contributed by atoms with Crippen LogP contribution in [0, 0.1) is 0 Å². The van der Waals surface area contributed by atoms with E-state index in [0.29, 0.717) is 22.8 Å². The van der Waals surface area contributed by atoms with E-state index in [-0.39, 0.29) is 5.78 Å². The molecule has 18 heavy (non-hydrogen) atoms. The zero-order valence-electron chi connectivity index (χ0n) is 10.3. The van der Waals surface area contributed by atoms with Gasteiger partial charge in [0, 0.05) is 35.9 Å². The Morgan fingerprint density at radius 1 is 1.39 bits per heavy atom. The van der Waals surface area contributed by atoms with E-state index in [1.165, 1.54) is 0 Å². The van der Waals surface area contributed by atoms with Crippen LogP contribution in [0.5, 0.6) is 0 Å². The molecule has 0 saturated heterocycles. The highest BCUT2D eigenvalue weighted by atomic mass is 16.1. The van der Waals surface area contributed by atoms with Crippen molar-refractivity contribution in [1.29, 1.82) is 0 Å². The van der Waals surface area contributed by atoms with Crippen molar-refractivity contribution in [3.63, 3.8) is 0 Å². The van der Waals surface area contributed by atoms with E-state index in [4.69, 9.17) is 11.5 Å². The Morgan fingerprint density at radius 3 is 2.83 bits per heavy atom. The minimum Gasteiger partial charge on any atom is -0.399 e. The van der Waals surface area contributed by atoms with Crippen molar-refractivity contribution in [1.82, 2.24) is 9.55 Å². The summed E-state index contributed by atoms with van der Waals surface area (Å²) < 4.78 is 1.83. The Labute approximate surface area is 105 Å². The summed E-state index contributed by atoms with van der Waals surface area (Å²) in [6, 6.07) is 4.88. The summed E-state index contributed by atoms with van der Waals surface area (Å²) in [4.78, 5) is 16.4. The summed E-state index contributed by atoms with van der Waals surface area (Å²) in [5.74, 6) is 0.235. The Balaban J connectivity index is 2.38. The van der Waals surface area contributed by atoms with Crippen LogP contribution >= 0.6 is 0 Å². The van der Waals surface area contributed by atoms with Crippen molar-refractivity contribution < 1.29 is 4.79 Å². The summed E-state index contributed by atoms with van der Waals surface area (Å²) in [5, 5.41) is 0. The summed E-state index contributed by atoms with van der Waals surface area (Å²) in [5.41, 5.74) is 12.8. The number of aryl methyl sites for hydroxylation is 1. The zero-order chi connectivity index (χ0) is 13.1. The first-order valence-corrected chi connectivity index (χ1v) is 5.84. The van der Waals surface area contributed by atoms with Gasteiger partial charge < -0.3 is 16.0 Å². The minimum atomic E-state index is -0.175. The molecule has 0 unspecified atom stereocenters. The van der Waals surface area contributed by atoms with Crippen LogP contribution < -0.4 is 11.5 Å². The quantitative estimate of drug-likeness (QED) is 0.633. The van der Waals surface area contributed by atoms with Crippen LogP contribution in [-0.4, -0.2) is 15.3 Å². The molecule has 1 heterocycles. The fraction of sp³-hybridized carbons (Fsp3) is 0.231. The van der Waals surface area contributed by atoms with Gasteiger partial charge in [0.15, 0.2) is 5.82 Å². The van der Waals surface area contributed by atoms with Crippen LogP contribution in [0.2, 0.25) is 0 Å². The van der Waals surface area contributed by atoms with Crippen molar-refractivity contribution in [3.05, 3.63) is 42.0 Å². The topological polar surface area (TPSA) is 86.9 Å². The molecule has 0 spiro atoms. The van der Waals surface area contributed by atoms with Gasteiger partial charge in [-0.05, 0) is 24.6 Å². The van der Waals surface area contributed by atoms with Crippen LogP contribution in [-0.2, 0) is 6.54 Å². The van der Waals surface area contributed by atoms with Crippen molar-refractivity contribution in [3.8, 4) is 0 Å². The number of nitrogens with two attached hydrogens (primary N) is 2. The van der Waals surface area contributed by atoms with Gasteiger partial charge >= 0.3 is 0 Å². The van der Waals surface area contributed by atoms with Gasteiger partial charge in [-0.15, -0.1) is 0 Å². The molecule has 5 heteroatoms. The predicted octanol–water partition coefficient (Wildman–Crippen LogP) is 1.69. The first-order chi connectivity index (χ1) is 8.63. The molecule has 0 amide bonds. The zero-order valence-corrected chi connectivity index (χ0v) is 10.3. The maximum Gasteiger partial charge on any atom is 0.230 e. The van der Waals surface area contributed by atoms with Gasteiger partial charge in [-0.25, -0.2) is 4.98 Å². The van der Waals surface area contributed by atoms with E-state index < -0.39 is 0 Å². The number of benzene rings is 1. The predicted molar refractivity (Wildman–Crippen MR) is 71.2 cm³/mol. The van der Waals surface area contributed by atoms with E-state index in [0.717, 1.165) is 13.0 Å². The van der Waals surface area contributed by atoms with Crippen LogP contribution in [0.15, 0.2) is 30.6 Å². The Hall–Kier alpha value is -2.30. The molecule has 2 rings (SSSR count). The van der Waals surface area contributed by atoms with Gasteiger partial charge in [0.2, 0.25) is 5.78 Å². The second-order valence-corrected chi connectivity index (χ2v) is 4.12. The molecule has 0 aliphatic heterocycles. The molecule has 0 radical (unpaired) electrons. The largest absolute Gasteiger partial charge is 0.399 e. The maximum absolute atomic E-state index is 12.3. The van der Waals surface area contributed by atoms with Gasteiger partial charge in [0.1, 0.15) is 0 Å². The molecule has 0 saturated carbocycles. The van der Waals surface area contributed by atoms with Gasteiger partial charge in [-0.2, -0.15) is 0 Å². The molecule has 0 aliphatic rings. The minimum absolute atomic E-state index is 0.175. The first-order valence-electron chi connectivity index (χ1n) is 5.84. The van der Waals surface area contributed by atoms with Crippen LogP contribution in [0.1, 0.15) is 29.5 Å². The van der Waals surface area contributed by atoms with E-state index in [1.807, 2.05) is 11.5 Å². The Bertz CT molecular complexity index is 574. The van der Waals surface area contributed by atoms with Crippen LogP contribution in [0.4, 0.5) is 11.4 Å². The molecule has 4 N–H and O–H groups in total. The molecule has 1 aromatic heterocycles. The van der Waals surface area contributed by atoms with E-state index in [9.17, 15) is 4.79 Å². The Kier molecular flexibility index (Phi) is 3.32. The molecule has 0 fully saturated rings. The molecule has 2 aromatic rings. The second kappa shape index (κ2) is 4.91. The fourth-order valence-electron chi connectivity index (χ4n) is 1.85. The number of rotatable bonds is 4. The van der Waals surface area contributed by atoms with Gasteiger partial charge in [0.05, 0.1) is 0 Å². The van der Waals surface area contributed by atoms with Crippen molar-refractivity contribution in [2.24, 2.45) is 0 Å². The lowest BCUT2D eigenvalue weighted by molar-refractivity contribution is 0.102. The normalized spacial score (nSPS) is 10.5. The summed E-state index contributed by atoms with van der Waals surface area (Å²) in [6.45, 7) is 2.81. The van der Waals surface area contributed by atoms with Gasteiger partial charge in [-0.1, -0.05) is 6.92 Å². The highest BCUT2D eigenvalue weighted by Crippen LogP contribution is 2.19. The number of imidazole rings is 1. The van der Waals surface area contributed by atoms with Crippen molar-refractivity contribution in [2.75, 3.05) is 11.5 Å². The number of ketones is 1. The fourth-order valence-corrected chi connectivity index (χ4v) is 1.85.